The molecule has 0 saturated carbocycles. The molecule has 0 bridgehead atoms. The summed E-state index contributed by atoms with van der Waals surface area (Å²) in [5.41, 5.74) is 1.48. The van der Waals surface area contributed by atoms with Crippen molar-refractivity contribution >= 4 is 39.3 Å². The lowest BCUT2D eigenvalue weighted by atomic mass is 10.2. The molecule has 2 aromatic carbocycles. The van der Waals surface area contributed by atoms with Gasteiger partial charge in [0, 0.05) is 15.7 Å². The van der Waals surface area contributed by atoms with Gasteiger partial charge in [-0.25, -0.2) is 4.68 Å². The number of benzene rings is 2. The van der Waals surface area contributed by atoms with Crippen LogP contribution in [0, 0.1) is 11.3 Å². The van der Waals surface area contributed by atoms with Crippen molar-refractivity contribution in [3.05, 3.63) is 59.1 Å². The van der Waals surface area contributed by atoms with Gasteiger partial charge in [-0.15, -0.1) is 10.2 Å². The lowest BCUT2D eigenvalue weighted by Gasteiger charge is -2.19. The Bertz CT molecular complexity index is 985. The summed E-state index contributed by atoms with van der Waals surface area (Å²) in [7, 11) is 0. The van der Waals surface area contributed by atoms with Crippen molar-refractivity contribution in [1.29, 1.82) is 5.26 Å². The fourth-order valence-electron chi connectivity index (χ4n) is 2.41. The van der Waals surface area contributed by atoms with Gasteiger partial charge >= 0.3 is 0 Å². The highest BCUT2D eigenvalue weighted by Crippen LogP contribution is 2.28. The van der Waals surface area contributed by atoms with Gasteiger partial charge in [-0.1, -0.05) is 58.0 Å². The number of nitriles is 1. The third-order valence-electron chi connectivity index (χ3n) is 3.70. The summed E-state index contributed by atoms with van der Waals surface area (Å²) < 4.78 is 2.20. The number of hydrogen-bond donors (Lipinski definition) is 1. The molecule has 2 N–H and O–H groups in total. The number of nitrogen functional groups attached to an aromatic ring is 1. The van der Waals surface area contributed by atoms with Gasteiger partial charge < -0.3 is 5.84 Å². The van der Waals surface area contributed by atoms with Crippen LogP contribution in [0.2, 0.25) is 0 Å². The number of anilines is 1. The van der Waals surface area contributed by atoms with Crippen LogP contribution in [0.4, 0.5) is 5.69 Å². The van der Waals surface area contributed by atoms with Gasteiger partial charge in [0.05, 0.1) is 11.8 Å². The molecule has 9 heteroatoms. The Labute approximate surface area is 168 Å². The lowest BCUT2D eigenvalue weighted by Crippen LogP contribution is -2.32. The number of hydrogen-bond acceptors (Lipinski definition) is 6. The van der Waals surface area contributed by atoms with Gasteiger partial charge in [0.2, 0.25) is 11.1 Å². The first-order valence-electron chi connectivity index (χ1n) is 7.92. The first kappa shape index (κ1) is 18.9. The molecule has 27 heavy (non-hydrogen) atoms. The number of nitrogens with two attached hydrogens (primary N) is 1. The number of carbonyl (C=O) groups excluding carboxylic acids is 1. The maximum Gasteiger partial charge on any atom is 0.238 e. The molecule has 7 nitrogen and oxygen atoms in total. The standard InChI is InChI=1S/C18H15BrN6OS/c19-15-9-5-4-8-14(15)17-22-23-18(25(17)21)27-12-16(26)24(11-10-20)13-6-2-1-3-7-13/h1-9H,11-12,21H2. The quantitative estimate of drug-likeness (QED) is 0.357. The summed E-state index contributed by atoms with van der Waals surface area (Å²) in [6.07, 6.45) is 0. The molecule has 136 valence electrons. The van der Waals surface area contributed by atoms with E-state index in [9.17, 15) is 4.79 Å². The number of nitrogens with zero attached hydrogens (tertiary/aromatic N) is 5. The summed E-state index contributed by atoms with van der Waals surface area (Å²) in [6.45, 7) is -0.0269. The van der Waals surface area contributed by atoms with Crippen LogP contribution < -0.4 is 10.7 Å². The van der Waals surface area contributed by atoms with E-state index in [4.69, 9.17) is 11.1 Å². The zero-order chi connectivity index (χ0) is 19.2. The SMILES string of the molecule is N#CCN(C(=O)CSc1nnc(-c2ccccc2Br)n1N)c1ccccc1. The van der Waals surface area contributed by atoms with E-state index >= 15 is 0 Å². The van der Waals surface area contributed by atoms with Crippen LogP contribution in [0.15, 0.2) is 64.2 Å². The molecule has 0 fully saturated rings. The number of amides is 1. The van der Waals surface area contributed by atoms with Crippen molar-refractivity contribution in [3.8, 4) is 17.5 Å². The predicted octanol–water partition coefficient (Wildman–Crippen LogP) is 3.07. The first-order chi connectivity index (χ1) is 13.1. The van der Waals surface area contributed by atoms with Crippen LogP contribution in [-0.2, 0) is 4.79 Å². The maximum atomic E-state index is 12.6. The fourth-order valence-corrected chi connectivity index (χ4v) is 3.60. The molecule has 0 aliphatic carbocycles. The minimum atomic E-state index is -0.210. The summed E-state index contributed by atoms with van der Waals surface area (Å²) in [4.78, 5) is 14.0. The van der Waals surface area contributed by atoms with Crippen molar-refractivity contribution in [2.24, 2.45) is 0 Å². The normalized spacial score (nSPS) is 10.4. The number of halogens is 1. The van der Waals surface area contributed by atoms with Crippen molar-refractivity contribution < 1.29 is 4.79 Å². The number of thioether (sulfide) groups is 1. The molecule has 0 aliphatic rings. The second-order valence-corrected chi connectivity index (χ2v) is 7.22. The van der Waals surface area contributed by atoms with Crippen LogP contribution in [0.1, 0.15) is 0 Å². The van der Waals surface area contributed by atoms with Crippen molar-refractivity contribution in [2.45, 2.75) is 5.16 Å². The largest absolute Gasteiger partial charge is 0.335 e. The molecule has 1 amide bonds. The van der Waals surface area contributed by atoms with Gasteiger partial charge in [0.25, 0.3) is 0 Å². The number of carbonyl (C=O) groups is 1. The third kappa shape index (κ3) is 4.30. The topological polar surface area (TPSA) is 101 Å². The Kier molecular flexibility index (Phi) is 6.11. The van der Waals surface area contributed by atoms with Gasteiger partial charge in [-0.3, -0.25) is 9.69 Å². The van der Waals surface area contributed by atoms with Crippen LogP contribution in [-0.4, -0.2) is 33.1 Å². The minimum Gasteiger partial charge on any atom is -0.335 e. The lowest BCUT2D eigenvalue weighted by molar-refractivity contribution is -0.116. The Morgan fingerprint density at radius 1 is 1.19 bits per heavy atom. The zero-order valence-corrected chi connectivity index (χ0v) is 16.5. The van der Waals surface area contributed by atoms with Gasteiger partial charge in [0.15, 0.2) is 5.82 Å². The van der Waals surface area contributed by atoms with Gasteiger partial charge in [0.1, 0.15) is 6.54 Å². The van der Waals surface area contributed by atoms with E-state index in [0.29, 0.717) is 16.7 Å². The van der Waals surface area contributed by atoms with E-state index in [1.54, 1.807) is 12.1 Å². The molecule has 0 saturated heterocycles. The van der Waals surface area contributed by atoms with E-state index < -0.39 is 0 Å². The summed E-state index contributed by atoms with van der Waals surface area (Å²) in [5, 5.41) is 17.6. The van der Waals surface area contributed by atoms with Gasteiger partial charge in [-0.2, -0.15) is 5.26 Å². The molecule has 1 aromatic heterocycles. The minimum absolute atomic E-state index is 0.0269. The number of aromatic nitrogens is 3. The highest BCUT2D eigenvalue weighted by Gasteiger charge is 2.19. The highest BCUT2D eigenvalue weighted by atomic mass is 79.9. The maximum absolute atomic E-state index is 12.6. The number of rotatable bonds is 6. The van der Waals surface area contributed by atoms with E-state index in [1.165, 1.54) is 21.3 Å². The molecule has 0 aliphatic heterocycles. The fraction of sp³-hybridized carbons (Fsp3) is 0.111. The first-order valence-corrected chi connectivity index (χ1v) is 9.70. The van der Waals surface area contributed by atoms with E-state index in [1.807, 2.05) is 48.5 Å². The summed E-state index contributed by atoms with van der Waals surface area (Å²) in [6, 6.07) is 18.6. The monoisotopic (exact) mass is 442 g/mol. The molecule has 0 unspecified atom stereocenters. The Morgan fingerprint density at radius 3 is 2.59 bits per heavy atom. The van der Waals surface area contributed by atoms with Crippen molar-refractivity contribution in [2.75, 3.05) is 23.0 Å². The molecule has 3 aromatic rings. The molecule has 0 spiro atoms. The summed E-state index contributed by atoms with van der Waals surface area (Å²) >= 11 is 4.64. The van der Waals surface area contributed by atoms with Gasteiger partial charge in [-0.05, 0) is 24.3 Å². The smallest absolute Gasteiger partial charge is 0.238 e. The van der Waals surface area contributed by atoms with E-state index in [-0.39, 0.29) is 18.2 Å². The Balaban J connectivity index is 1.74. The van der Waals surface area contributed by atoms with Crippen molar-refractivity contribution in [1.82, 2.24) is 14.9 Å². The average Bonchev–Trinajstić information content (AvgIpc) is 3.05. The second kappa shape index (κ2) is 8.70. The number of para-hydroxylation sites is 1. The highest BCUT2D eigenvalue weighted by molar-refractivity contribution is 9.10. The van der Waals surface area contributed by atoms with Crippen LogP contribution in [0.5, 0.6) is 0 Å². The van der Waals surface area contributed by atoms with Crippen LogP contribution in [0.25, 0.3) is 11.4 Å². The molecular formula is C18H15BrN6OS. The average molecular weight is 443 g/mol. The van der Waals surface area contributed by atoms with E-state index in [2.05, 4.69) is 26.1 Å². The molecule has 3 rings (SSSR count). The molecule has 1 heterocycles. The third-order valence-corrected chi connectivity index (χ3v) is 5.32. The molecule has 0 atom stereocenters. The van der Waals surface area contributed by atoms with Crippen molar-refractivity contribution in [3.63, 3.8) is 0 Å². The molecular weight excluding hydrogens is 428 g/mol. The Morgan fingerprint density at radius 2 is 1.89 bits per heavy atom. The summed E-state index contributed by atoms with van der Waals surface area (Å²) in [5.74, 6) is 6.48. The van der Waals surface area contributed by atoms with Crippen LogP contribution >= 0.6 is 27.7 Å². The van der Waals surface area contributed by atoms with E-state index in [0.717, 1.165) is 10.0 Å². The Hall–Kier alpha value is -2.83. The second-order valence-electron chi connectivity index (χ2n) is 5.42. The zero-order valence-electron chi connectivity index (χ0n) is 14.1. The van der Waals surface area contributed by atoms with Crippen LogP contribution in [0.3, 0.4) is 0 Å². The predicted molar refractivity (Wildman–Crippen MR) is 108 cm³/mol. The molecule has 0 radical (unpaired) electrons.